The van der Waals surface area contributed by atoms with E-state index in [9.17, 15) is 4.79 Å². The van der Waals surface area contributed by atoms with Gasteiger partial charge in [0.05, 0.1) is 17.3 Å². The fraction of sp³-hybridized carbons (Fsp3) is 0.158. The Labute approximate surface area is 135 Å². The van der Waals surface area contributed by atoms with Crippen molar-refractivity contribution in [2.24, 2.45) is 0 Å². The van der Waals surface area contributed by atoms with Crippen LogP contribution in [0.15, 0.2) is 60.8 Å². The first-order chi connectivity index (χ1) is 11.1. The molecule has 23 heavy (non-hydrogen) atoms. The van der Waals surface area contributed by atoms with Crippen molar-refractivity contribution in [3.63, 3.8) is 0 Å². The van der Waals surface area contributed by atoms with Crippen LogP contribution in [0.2, 0.25) is 0 Å². The molecule has 0 fully saturated rings. The smallest absolute Gasteiger partial charge is 0.255 e. The minimum absolute atomic E-state index is 0.109. The highest BCUT2D eigenvalue weighted by molar-refractivity contribution is 6.08. The Kier molecular flexibility index (Phi) is 4.24. The molecule has 1 amide bonds. The Morgan fingerprint density at radius 1 is 1.04 bits per heavy atom. The predicted molar refractivity (Wildman–Crippen MR) is 91.9 cm³/mol. The highest BCUT2D eigenvalue weighted by Crippen LogP contribution is 2.22. The number of carbonyl (C=O) groups is 1. The van der Waals surface area contributed by atoms with Crippen LogP contribution in [0.4, 0.5) is 5.69 Å². The first-order valence-electron chi connectivity index (χ1n) is 7.55. The van der Waals surface area contributed by atoms with Crippen molar-refractivity contribution in [3.8, 4) is 5.75 Å². The number of benzene rings is 2. The van der Waals surface area contributed by atoms with Crippen LogP contribution in [-0.2, 0) is 0 Å². The quantitative estimate of drug-likeness (QED) is 0.783. The van der Waals surface area contributed by atoms with Gasteiger partial charge in [-0.1, -0.05) is 6.07 Å². The van der Waals surface area contributed by atoms with E-state index in [1.807, 2.05) is 44.2 Å². The predicted octanol–water partition coefficient (Wildman–Crippen LogP) is 4.27. The molecule has 0 aliphatic heterocycles. The second kappa shape index (κ2) is 6.48. The molecule has 0 radical (unpaired) electrons. The molecule has 1 N–H and O–H groups in total. The molecule has 4 heteroatoms. The Hall–Kier alpha value is -2.88. The SMILES string of the molecule is CC(C)Oc1ccc(C(=O)Nc2cccc3ncccc23)cc1. The average molecular weight is 306 g/mol. The summed E-state index contributed by atoms with van der Waals surface area (Å²) >= 11 is 0. The zero-order chi connectivity index (χ0) is 16.2. The molecule has 0 aliphatic carbocycles. The molecule has 0 saturated carbocycles. The van der Waals surface area contributed by atoms with Gasteiger partial charge in [0.1, 0.15) is 5.75 Å². The van der Waals surface area contributed by atoms with Crippen LogP contribution >= 0.6 is 0 Å². The molecule has 3 aromatic rings. The van der Waals surface area contributed by atoms with Crippen molar-refractivity contribution in [1.29, 1.82) is 0 Å². The Bertz CT molecular complexity index is 821. The minimum atomic E-state index is -0.155. The monoisotopic (exact) mass is 306 g/mol. The van der Waals surface area contributed by atoms with E-state index in [1.165, 1.54) is 0 Å². The largest absolute Gasteiger partial charge is 0.491 e. The number of nitrogens with one attached hydrogen (secondary N) is 1. The van der Waals surface area contributed by atoms with E-state index in [4.69, 9.17) is 4.74 Å². The first kappa shape index (κ1) is 15.0. The van der Waals surface area contributed by atoms with Crippen molar-refractivity contribution in [3.05, 3.63) is 66.4 Å². The number of anilines is 1. The topological polar surface area (TPSA) is 51.2 Å². The summed E-state index contributed by atoms with van der Waals surface area (Å²) in [6, 6.07) is 16.6. The molecule has 1 aromatic heterocycles. The number of rotatable bonds is 4. The van der Waals surface area contributed by atoms with E-state index >= 15 is 0 Å². The molecule has 4 nitrogen and oxygen atoms in total. The Morgan fingerprint density at radius 3 is 2.57 bits per heavy atom. The number of pyridine rings is 1. The summed E-state index contributed by atoms with van der Waals surface area (Å²) in [5.74, 6) is 0.600. The third-order valence-corrected chi connectivity index (χ3v) is 3.38. The van der Waals surface area contributed by atoms with Crippen LogP contribution in [0.25, 0.3) is 10.9 Å². The van der Waals surface area contributed by atoms with E-state index in [0.717, 1.165) is 22.3 Å². The number of carbonyl (C=O) groups excluding carboxylic acids is 1. The Balaban J connectivity index is 1.81. The lowest BCUT2D eigenvalue weighted by atomic mass is 10.1. The number of ether oxygens (including phenoxy) is 1. The van der Waals surface area contributed by atoms with Gasteiger partial charge in [0.2, 0.25) is 0 Å². The summed E-state index contributed by atoms with van der Waals surface area (Å²) in [5, 5.41) is 3.86. The van der Waals surface area contributed by atoms with Gasteiger partial charge in [-0.2, -0.15) is 0 Å². The van der Waals surface area contributed by atoms with Crippen LogP contribution in [-0.4, -0.2) is 17.0 Å². The number of hydrogen-bond acceptors (Lipinski definition) is 3. The minimum Gasteiger partial charge on any atom is -0.491 e. The van der Waals surface area contributed by atoms with Gasteiger partial charge in [0.15, 0.2) is 0 Å². The molecule has 1 heterocycles. The van der Waals surface area contributed by atoms with Gasteiger partial charge < -0.3 is 10.1 Å². The van der Waals surface area contributed by atoms with Gasteiger partial charge >= 0.3 is 0 Å². The molecule has 0 bridgehead atoms. The fourth-order valence-electron chi connectivity index (χ4n) is 2.36. The number of amides is 1. The summed E-state index contributed by atoms with van der Waals surface area (Å²) in [7, 11) is 0. The zero-order valence-corrected chi connectivity index (χ0v) is 13.1. The second-order valence-electron chi connectivity index (χ2n) is 5.52. The molecule has 0 spiro atoms. The van der Waals surface area contributed by atoms with Crippen molar-refractivity contribution < 1.29 is 9.53 Å². The molecule has 3 rings (SSSR count). The van der Waals surface area contributed by atoms with Gasteiger partial charge in [-0.3, -0.25) is 9.78 Å². The molecule has 116 valence electrons. The van der Waals surface area contributed by atoms with Gasteiger partial charge in [0.25, 0.3) is 5.91 Å². The zero-order valence-electron chi connectivity index (χ0n) is 13.1. The third kappa shape index (κ3) is 3.48. The number of aromatic nitrogens is 1. The molecular weight excluding hydrogens is 288 g/mol. The summed E-state index contributed by atoms with van der Waals surface area (Å²) in [6.07, 6.45) is 1.85. The molecule has 0 unspecified atom stereocenters. The summed E-state index contributed by atoms with van der Waals surface area (Å²) in [6.45, 7) is 3.93. The maximum atomic E-state index is 12.4. The van der Waals surface area contributed by atoms with Gasteiger partial charge in [0, 0.05) is 17.1 Å². The van der Waals surface area contributed by atoms with Crippen LogP contribution in [0.1, 0.15) is 24.2 Å². The standard InChI is InChI=1S/C19H18N2O2/c1-13(2)23-15-10-8-14(9-11-15)19(22)21-18-7-3-6-17-16(18)5-4-12-20-17/h3-13H,1-2H3,(H,21,22). The molecular formula is C19H18N2O2. The molecule has 2 aromatic carbocycles. The maximum Gasteiger partial charge on any atom is 0.255 e. The normalized spacial score (nSPS) is 10.7. The lowest BCUT2D eigenvalue weighted by Crippen LogP contribution is -2.12. The summed E-state index contributed by atoms with van der Waals surface area (Å²) in [4.78, 5) is 16.7. The number of nitrogens with zero attached hydrogens (tertiary/aromatic N) is 1. The van der Waals surface area contributed by atoms with E-state index in [-0.39, 0.29) is 12.0 Å². The van der Waals surface area contributed by atoms with Crippen molar-refractivity contribution >= 4 is 22.5 Å². The highest BCUT2D eigenvalue weighted by atomic mass is 16.5. The van der Waals surface area contributed by atoms with Gasteiger partial charge in [-0.15, -0.1) is 0 Å². The summed E-state index contributed by atoms with van der Waals surface area (Å²) < 4.78 is 5.58. The lowest BCUT2D eigenvalue weighted by molar-refractivity contribution is 0.102. The highest BCUT2D eigenvalue weighted by Gasteiger charge is 2.09. The van der Waals surface area contributed by atoms with Crippen LogP contribution in [0, 0.1) is 0 Å². The van der Waals surface area contributed by atoms with E-state index in [0.29, 0.717) is 5.56 Å². The van der Waals surface area contributed by atoms with E-state index < -0.39 is 0 Å². The summed E-state index contributed by atoms with van der Waals surface area (Å²) in [5.41, 5.74) is 2.19. The van der Waals surface area contributed by atoms with Gasteiger partial charge in [-0.25, -0.2) is 0 Å². The average Bonchev–Trinajstić information content (AvgIpc) is 2.55. The molecule has 0 saturated heterocycles. The van der Waals surface area contributed by atoms with E-state index in [2.05, 4.69) is 10.3 Å². The lowest BCUT2D eigenvalue weighted by Gasteiger charge is -2.11. The van der Waals surface area contributed by atoms with Crippen LogP contribution in [0.3, 0.4) is 0 Å². The number of fused-ring (bicyclic) bond motifs is 1. The fourth-order valence-corrected chi connectivity index (χ4v) is 2.36. The van der Waals surface area contributed by atoms with E-state index in [1.54, 1.807) is 30.5 Å². The van der Waals surface area contributed by atoms with Crippen molar-refractivity contribution in [2.75, 3.05) is 5.32 Å². The maximum absolute atomic E-state index is 12.4. The van der Waals surface area contributed by atoms with Crippen molar-refractivity contribution in [1.82, 2.24) is 4.98 Å². The Morgan fingerprint density at radius 2 is 1.83 bits per heavy atom. The molecule has 0 aliphatic rings. The molecule has 0 atom stereocenters. The number of hydrogen-bond donors (Lipinski definition) is 1. The van der Waals surface area contributed by atoms with Crippen LogP contribution < -0.4 is 10.1 Å². The second-order valence-corrected chi connectivity index (χ2v) is 5.52. The van der Waals surface area contributed by atoms with Gasteiger partial charge in [-0.05, 0) is 62.4 Å². The first-order valence-corrected chi connectivity index (χ1v) is 7.55. The van der Waals surface area contributed by atoms with Crippen molar-refractivity contribution in [2.45, 2.75) is 20.0 Å². The third-order valence-electron chi connectivity index (χ3n) is 3.38. The van der Waals surface area contributed by atoms with Crippen LogP contribution in [0.5, 0.6) is 5.75 Å².